The van der Waals surface area contributed by atoms with Crippen molar-refractivity contribution in [2.75, 3.05) is 13.1 Å². The molecule has 3 rings (SSSR count). The summed E-state index contributed by atoms with van der Waals surface area (Å²) >= 11 is 1.40. The second-order valence-corrected chi connectivity index (χ2v) is 7.86. The van der Waals surface area contributed by atoms with Crippen molar-refractivity contribution in [3.05, 3.63) is 16.3 Å². The Kier molecular flexibility index (Phi) is 3.65. The molecule has 3 N–H and O–H groups in total. The number of rotatable bonds is 4. The maximum absolute atomic E-state index is 12.4. The lowest BCUT2D eigenvalue weighted by Gasteiger charge is -2.21. The van der Waals surface area contributed by atoms with Gasteiger partial charge in [0.25, 0.3) is 0 Å². The lowest BCUT2D eigenvalue weighted by molar-refractivity contribution is 0.309. The normalized spacial score (nSPS) is 27.8. The number of sulfonamides is 1. The molecule has 0 spiro atoms. The Bertz CT molecular complexity index is 555. The van der Waals surface area contributed by atoms with E-state index in [9.17, 15) is 8.42 Å². The Labute approximate surface area is 117 Å². The molecule has 2 unspecified atom stereocenters. The number of hydrogen-bond donors (Lipinski definition) is 2. The molecule has 0 aromatic carbocycles. The summed E-state index contributed by atoms with van der Waals surface area (Å²) < 4.78 is 27.8. The summed E-state index contributed by atoms with van der Waals surface area (Å²) in [5, 5.41) is 1.78. The van der Waals surface area contributed by atoms with Crippen molar-refractivity contribution in [1.82, 2.24) is 9.62 Å². The molecule has 19 heavy (non-hydrogen) atoms. The van der Waals surface area contributed by atoms with Gasteiger partial charge in [-0.1, -0.05) is 0 Å². The van der Waals surface area contributed by atoms with Crippen molar-refractivity contribution < 1.29 is 8.42 Å². The fourth-order valence-corrected chi connectivity index (χ4v) is 5.84. The summed E-state index contributed by atoms with van der Waals surface area (Å²) in [6.07, 6.45) is 3.18. The Morgan fingerprint density at radius 2 is 2.26 bits per heavy atom. The van der Waals surface area contributed by atoms with Crippen LogP contribution in [0.3, 0.4) is 0 Å². The highest BCUT2D eigenvalue weighted by Gasteiger charge is 2.39. The third kappa shape index (κ3) is 2.45. The predicted molar refractivity (Wildman–Crippen MR) is 75.5 cm³/mol. The van der Waals surface area contributed by atoms with Crippen molar-refractivity contribution in [3.8, 4) is 0 Å². The van der Waals surface area contributed by atoms with E-state index in [1.54, 1.807) is 11.4 Å². The number of hydrogen-bond acceptors (Lipinski definition) is 5. The van der Waals surface area contributed by atoms with Gasteiger partial charge in [0.15, 0.2) is 0 Å². The molecule has 0 saturated carbocycles. The SMILES string of the molecule is NCc1sccc1S(=O)(=O)NC1CCN2CCCC12. The Balaban J connectivity index is 1.79. The topological polar surface area (TPSA) is 75.4 Å². The van der Waals surface area contributed by atoms with E-state index >= 15 is 0 Å². The highest BCUT2D eigenvalue weighted by Crippen LogP contribution is 2.30. The monoisotopic (exact) mass is 301 g/mol. The van der Waals surface area contributed by atoms with Crippen LogP contribution < -0.4 is 10.5 Å². The third-order valence-corrected chi connectivity index (χ3v) is 6.74. The highest BCUT2D eigenvalue weighted by atomic mass is 32.2. The molecule has 5 nitrogen and oxygen atoms in total. The van der Waals surface area contributed by atoms with Crippen LogP contribution in [0.15, 0.2) is 16.3 Å². The average molecular weight is 301 g/mol. The first kappa shape index (κ1) is 13.5. The van der Waals surface area contributed by atoms with Crippen LogP contribution in [0.4, 0.5) is 0 Å². The van der Waals surface area contributed by atoms with Gasteiger partial charge in [0, 0.05) is 30.1 Å². The van der Waals surface area contributed by atoms with Gasteiger partial charge in [-0.3, -0.25) is 4.90 Å². The number of thiophene rings is 1. The number of fused-ring (bicyclic) bond motifs is 1. The molecule has 1 aromatic rings. The molecule has 3 heterocycles. The second kappa shape index (κ2) is 5.14. The molecule has 0 amide bonds. The second-order valence-electron chi connectivity index (χ2n) is 5.17. The lowest BCUT2D eigenvalue weighted by atomic mass is 10.1. The molecular formula is C12H19N3O2S2. The maximum atomic E-state index is 12.4. The van der Waals surface area contributed by atoms with E-state index < -0.39 is 10.0 Å². The summed E-state index contributed by atoms with van der Waals surface area (Å²) in [6, 6.07) is 2.09. The van der Waals surface area contributed by atoms with Gasteiger partial charge < -0.3 is 5.73 Å². The summed E-state index contributed by atoms with van der Waals surface area (Å²) in [5.74, 6) is 0. The smallest absolute Gasteiger partial charge is 0.242 e. The number of nitrogens with one attached hydrogen (secondary N) is 1. The van der Waals surface area contributed by atoms with Crippen molar-refractivity contribution in [3.63, 3.8) is 0 Å². The van der Waals surface area contributed by atoms with Crippen LogP contribution in [0.5, 0.6) is 0 Å². The van der Waals surface area contributed by atoms with E-state index in [4.69, 9.17) is 5.73 Å². The number of nitrogens with two attached hydrogens (primary N) is 1. The van der Waals surface area contributed by atoms with E-state index in [-0.39, 0.29) is 12.6 Å². The minimum Gasteiger partial charge on any atom is -0.326 e. The Hall–Kier alpha value is -0.470. The van der Waals surface area contributed by atoms with Gasteiger partial charge in [-0.2, -0.15) is 0 Å². The van der Waals surface area contributed by atoms with Crippen LogP contribution in [-0.2, 0) is 16.6 Å². The number of nitrogens with zero attached hydrogens (tertiary/aromatic N) is 1. The van der Waals surface area contributed by atoms with Crippen LogP contribution >= 0.6 is 11.3 Å². The van der Waals surface area contributed by atoms with Crippen LogP contribution in [0.2, 0.25) is 0 Å². The fraction of sp³-hybridized carbons (Fsp3) is 0.667. The molecule has 2 fully saturated rings. The van der Waals surface area contributed by atoms with E-state index in [1.807, 2.05) is 0 Å². The largest absolute Gasteiger partial charge is 0.326 e. The molecule has 0 bridgehead atoms. The van der Waals surface area contributed by atoms with Crippen molar-refractivity contribution in [2.45, 2.75) is 42.8 Å². The highest BCUT2D eigenvalue weighted by molar-refractivity contribution is 7.89. The summed E-state index contributed by atoms with van der Waals surface area (Å²) in [4.78, 5) is 3.48. The van der Waals surface area contributed by atoms with E-state index in [0.29, 0.717) is 10.9 Å². The minimum absolute atomic E-state index is 0.0537. The van der Waals surface area contributed by atoms with Gasteiger partial charge in [0.1, 0.15) is 0 Å². The van der Waals surface area contributed by atoms with Crippen LogP contribution in [0.25, 0.3) is 0 Å². The zero-order chi connectivity index (χ0) is 13.5. The molecule has 0 aliphatic carbocycles. The van der Waals surface area contributed by atoms with Gasteiger partial charge in [-0.05, 0) is 37.3 Å². The average Bonchev–Trinajstić information content (AvgIpc) is 3.05. The molecular weight excluding hydrogens is 282 g/mol. The zero-order valence-corrected chi connectivity index (χ0v) is 12.3. The van der Waals surface area contributed by atoms with Gasteiger partial charge in [-0.15, -0.1) is 11.3 Å². The molecule has 0 radical (unpaired) electrons. The lowest BCUT2D eigenvalue weighted by Crippen LogP contribution is -2.42. The molecule has 2 atom stereocenters. The fourth-order valence-electron chi connectivity index (χ4n) is 3.20. The molecule has 2 aliphatic rings. The van der Waals surface area contributed by atoms with Crippen molar-refractivity contribution in [2.24, 2.45) is 5.73 Å². The maximum Gasteiger partial charge on any atom is 0.242 e. The standard InChI is InChI=1S/C12H19N3O2S2/c13-8-11-12(4-7-18-11)19(16,17)14-9-3-6-15-5-1-2-10(9)15/h4,7,9-10,14H,1-3,5-6,8,13H2. The van der Waals surface area contributed by atoms with Crippen LogP contribution in [0.1, 0.15) is 24.1 Å². The Morgan fingerprint density at radius 1 is 1.42 bits per heavy atom. The molecule has 106 valence electrons. The molecule has 2 saturated heterocycles. The van der Waals surface area contributed by atoms with Gasteiger partial charge in [0.2, 0.25) is 10.0 Å². The molecule has 2 aliphatic heterocycles. The first-order chi connectivity index (χ1) is 9.12. The van der Waals surface area contributed by atoms with Gasteiger partial charge in [-0.25, -0.2) is 13.1 Å². The molecule has 1 aromatic heterocycles. The third-order valence-electron chi connectivity index (χ3n) is 4.09. The van der Waals surface area contributed by atoms with Crippen molar-refractivity contribution >= 4 is 21.4 Å². The summed E-state index contributed by atoms with van der Waals surface area (Å²) in [5.41, 5.74) is 5.60. The Morgan fingerprint density at radius 3 is 3.05 bits per heavy atom. The minimum atomic E-state index is -3.43. The van der Waals surface area contributed by atoms with E-state index in [2.05, 4.69) is 9.62 Å². The van der Waals surface area contributed by atoms with E-state index in [0.717, 1.165) is 30.8 Å². The first-order valence-electron chi connectivity index (χ1n) is 6.64. The van der Waals surface area contributed by atoms with Gasteiger partial charge >= 0.3 is 0 Å². The predicted octanol–water partition coefficient (Wildman–Crippen LogP) is 0.722. The van der Waals surface area contributed by atoms with Crippen LogP contribution in [-0.4, -0.2) is 38.5 Å². The van der Waals surface area contributed by atoms with Crippen LogP contribution in [0, 0.1) is 0 Å². The summed E-state index contributed by atoms with van der Waals surface area (Å²) in [6.45, 7) is 2.38. The summed E-state index contributed by atoms with van der Waals surface area (Å²) in [7, 11) is -3.43. The van der Waals surface area contributed by atoms with Crippen molar-refractivity contribution in [1.29, 1.82) is 0 Å². The molecule has 7 heteroatoms. The first-order valence-corrected chi connectivity index (χ1v) is 9.01. The quantitative estimate of drug-likeness (QED) is 0.859. The van der Waals surface area contributed by atoms with Gasteiger partial charge in [0.05, 0.1) is 4.90 Å². The van der Waals surface area contributed by atoms with E-state index in [1.165, 1.54) is 17.8 Å². The zero-order valence-electron chi connectivity index (χ0n) is 10.7.